The van der Waals surface area contributed by atoms with Crippen LogP contribution in [-0.4, -0.2) is 9.97 Å². The molecule has 0 radical (unpaired) electrons. The molecule has 4 aromatic heterocycles. The Kier molecular flexibility index (Phi) is 6.51. The van der Waals surface area contributed by atoms with Gasteiger partial charge >= 0.3 is 0 Å². The molecule has 0 aliphatic rings. The summed E-state index contributed by atoms with van der Waals surface area (Å²) in [6, 6.07) is 9.07. The van der Waals surface area contributed by atoms with Crippen LogP contribution < -0.4 is 0 Å². The number of hydrogen-bond acceptors (Lipinski definition) is 6. The predicted molar refractivity (Wildman–Crippen MR) is 141 cm³/mol. The number of thiophene rings is 2. The number of benzene rings is 1. The van der Waals surface area contributed by atoms with Crippen molar-refractivity contribution in [3.63, 3.8) is 0 Å². The average molecular weight is 483 g/mol. The maximum absolute atomic E-state index is 4.84. The molecule has 0 saturated carbocycles. The summed E-state index contributed by atoms with van der Waals surface area (Å²) in [5.41, 5.74) is 8.79. The van der Waals surface area contributed by atoms with Crippen LogP contribution in [0.5, 0.6) is 0 Å². The SMILES string of the molecule is CCCCCCCCc1ccc(-c2c3ncsc3c(-c3ccc(C)s3)c3ncsc23)s1. The van der Waals surface area contributed by atoms with Crippen molar-refractivity contribution in [2.24, 2.45) is 0 Å². The van der Waals surface area contributed by atoms with E-state index in [2.05, 4.69) is 38.1 Å². The van der Waals surface area contributed by atoms with E-state index in [0.29, 0.717) is 0 Å². The summed E-state index contributed by atoms with van der Waals surface area (Å²) in [6.07, 6.45) is 9.27. The highest BCUT2D eigenvalue weighted by molar-refractivity contribution is 7.22. The Balaban J connectivity index is 1.49. The number of thiazole rings is 2. The van der Waals surface area contributed by atoms with Gasteiger partial charge in [-0.1, -0.05) is 39.0 Å². The molecule has 0 bridgehead atoms. The molecule has 0 fully saturated rings. The van der Waals surface area contributed by atoms with Crippen LogP contribution >= 0.6 is 45.3 Å². The largest absolute Gasteiger partial charge is 0.244 e. The molecule has 0 spiro atoms. The lowest BCUT2D eigenvalue weighted by Crippen LogP contribution is -1.84. The molecular formula is C25H26N2S4. The summed E-state index contributed by atoms with van der Waals surface area (Å²) >= 11 is 7.27. The maximum Gasteiger partial charge on any atom is 0.0921 e. The molecule has 0 unspecified atom stereocenters. The standard InChI is InChI=1S/C25H26N2S4/c1-3-4-5-6-7-8-9-17-11-13-19(31-17)21-23-24(28-15-27-23)20(18-12-10-16(2)30-18)22-25(21)29-14-26-22/h10-15H,3-9H2,1-2H3. The van der Waals surface area contributed by atoms with Gasteiger partial charge in [-0.05, 0) is 44.0 Å². The summed E-state index contributed by atoms with van der Waals surface area (Å²) in [5.74, 6) is 0. The van der Waals surface area contributed by atoms with E-state index in [-0.39, 0.29) is 0 Å². The van der Waals surface area contributed by atoms with E-state index in [1.165, 1.54) is 85.0 Å². The Hall–Kier alpha value is -1.60. The third-order valence-electron chi connectivity index (χ3n) is 5.73. The van der Waals surface area contributed by atoms with E-state index in [4.69, 9.17) is 9.97 Å². The van der Waals surface area contributed by atoms with Crippen LogP contribution in [0.15, 0.2) is 35.3 Å². The minimum absolute atomic E-state index is 1.13. The third kappa shape index (κ3) is 4.23. The van der Waals surface area contributed by atoms with Crippen molar-refractivity contribution in [3.8, 4) is 20.9 Å². The molecule has 2 nitrogen and oxygen atoms in total. The first-order chi connectivity index (χ1) is 15.3. The molecule has 0 aliphatic heterocycles. The molecule has 0 atom stereocenters. The number of nitrogens with zero attached hydrogens (tertiary/aromatic N) is 2. The van der Waals surface area contributed by atoms with Gasteiger partial charge in [0.15, 0.2) is 0 Å². The predicted octanol–water partition coefficient (Wildman–Crippen LogP) is 9.57. The van der Waals surface area contributed by atoms with Crippen LogP contribution in [-0.2, 0) is 6.42 Å². The van der Waals surface area contributed by atoms with Crippen LogP contribution in [0.2, 0.25) is 0 Å². The molecule has 1 aromatic carbocycles. The van der Waals surface area contributed by atoms with Gasteiger partial charge in [-0.25, -0.2) is 9.97 Å². The number of rotatable bonds is 9. The molecule has 6 heteroatoms. The maximum atomic E-state index is 4.84. The Labute approximate surface area is 199 Å². The molecule has 31 heavy (non-hydrogen) atoms. The van der Waals surface area contributed by atoms with E-state index >= 15 is 0 Å². The number of hydrogen-bond donors (Lipinski definition) is 0. The van der Waals surface area contributed by atoms with Gasteiger partial charge in [-0.3, -0.25) is 0 Å². The number of fused-ring (bicyclic) bond motifs is 2. The quantitative estimate of drug-likeness (QED) is 0.195. The van der Waals surface area contributed by atoms with Gasteiger partial charge in [0.25, 0.3) is 0 Å². The molecule has 0 aliphatic carbocycles. The topological polar surface area (TPSA) is 25.8 Å². The van der Waals surface area contributed by atoms with Gasteiger partial charge in [0, 0.05) is 30.6 Å². The fourth-order valence-electron chi connectivity index (χ4n) is 4.17. The van der Waals surface area contributed by atoms with Crippen molar-refractivity contribution < 1.29 is 0 Å². The van der Waals surface area contributed by atoms with Gasteiger partial charge in [0.1, 0.15) is 0 Å². The summed E-state index contributed by atoms with van der Waals surface area (Å²) in [7, 11) is 0. The van der Waals surface area contributed by atoms with Crippen molar-refractivity contribution in [3.05, 3.63) is 45.0 Å². The van der Waals surface area contributed by atoms with Crippen molar-refractivity contribution >= 4 is 65.8 Å². The monoisotopic (exact) mass is 482 g/mol. The number of aromatic nitrogens is 2. The lowest BCUT2D eigenvalue weighted by atomic mass is 10.1. The number of aryl methyl sites for hydroxylation is 2. The minimum atomic E-state index is 1.13. The van der Waals surface area contributed by atoms with Gasteiger partial charge in [-0.15, -0.1) is 45.3 Å². The second-order valence-corrected chi connectivity index (χ2v) is 12.2. The third-order valence-corrected chi connectivity index (χ3v) is 9.60. The second kappa shape index (κ2) is 9.49. The molecule has 0 amide bonds. The summed E-state index contributed by atoms with van der Waals surface area (Å²) in [6.45, 7) is 4.45. The van der Waals surface area contributed by atoms with Crippen molar-refractivity contribution in [2.75, 3.05) is 0 Å². The highest BCUT2D eigenvalue weighted by atomic mass is 32.1. The Bertz CT molecular complexity index is 1250. The first kappa shape index (κ1) is 21.3. The highest BCUT2D eigenvalue weighted by Crippen LogP contribution is 2.48. The van der Waals surface area contributed by atoms with Crippen LogP contribution in [0.3, 0.4) is 0 Å². The normalized spacial score (nSPS) is 11.8. The van der Waals surface area contributed by atoms with Gasteiger partial charge in [-0.2, -0.15) is 0 Å². The van der Waals surface area contributed by atoms with Gasteiger partial charge in [0.2, 0.25) is 0 Å². The molecule has 0 saturated heterocycles. The summed E-state index contributed by atoms with van der Waals surface area (Å²) in [5, 5.41) is 0. The smallest absolute Gasteiger partial charge is 0.0921 e. The minimum Gasteiger partial charge on any atom is -0.244 e. The first-order valence-electron chi connectivity index (χ1n) is 11.0. The van der Waals surface area contributed by atoms with E-state index < -0.39 is 0 Å². The molecule has 5 aromatic rings. The van der Waals surface area contributed by atoms with E-state index in [9.17, 15) is 0 Å². The molecule has 4 heterocycles. The lowest BCUT2D eigenvalue weighted by Gasteiger charge is -2.07. The Morgan fingerprint density at radius 2 is 1.32 bits per heavy atom. The Morgan fingerprint density at radius 3 is 1.97 bits per heavy atom. The molecule has 0 N–H and O–H groups in total. The summed E-state index contributed by atoms with van der Waals surface area (Å²) in [4.78, 5) is 15.1. The Morgan fingerprint density at radius 1 is 0.710 bits per heavy atom. The number of unbranched alkanes of at least 4 members (excludes halogenated alkanes) is 5. The molecule has 160 valence electrons. The fourth-order valence-corrected chi connectivity index (χ4v) is 8.03. The van der Waals surface area contributed by atoms with Crippen LogP contribution in [0, 0.1) is 6.92 Å². The van der Waals surface area contributed by atoms with Crippen LogP contribution in [0.4, 0.5) is 0 Å². The molecular weight excluding hydrogens is 457 g/mol. The zero-order valence-electron chi connectivity index (χ0n) is 17.9. The van der Waals surface area contributed by atoms with E-state index in [0.717, 1.165) is 11.0 Å². The van der Waals surface area contributed by atoms with Crippen LogP contribution in [0.25, 0.3) is 41.3 Å². The van der Waals surface area contributed by atoms with Crippen LogP contribution in [0.1, 0.15) is 55.2 Å². The van der Waals surface area contributed by atoms with E-state index in [1.807, 2.05) is 33.7 Å². The van der Waals surface area contributed by atoms with Gasteiger partial charge in [0.05, 0.1) is 31.5 Å². The lowest BCUT2D eigenvalue weighted by molar-refractivity contribution is 0.609. The average Bonchev–Trinajstić information content (AvgIpc) is 3.56. The second-order valence-electron chi connectivity index (χ2n) is 8.00. The van der Waals surface area contributed by atoms with Gasteiger partial charge < -0.3 is 0 Å². The fraction of sp³-hybridized carbons (Fsp3) is 0.360. The zero-order chi connectivity index (χ0) is 21.2. The van der Waals surface area contributed by atoms with Crippen molar-refractivity contribution in [2.45, 2.75) is 58.8 Å². The highest BCUT2D eigenvalue weighted by Gasteiger charge is 2.22. The molecule has 5 rings (SSSR count). The summed E-state index contributed by atoms with van der Waals surface area (Å²) < 4.78 is 2.54. The van der Waals surface area contributed by atoms with Crippen molar-refractivity contribution in [1.29, 1.82) is 0 Å². The first-order valence-corrected chi connectivity index (χ1v) is 14.4. The van der Waals surface area contributed by atoms with Crippen molar-refractivity contribution in [1.82, 2.24) is 9.97 Å². The zero-order valence-corrected chi connectivity index (χ0v) is 21.2. The van der Waals surface area contributed by atoms with E-state index in [1.54, 1.807) is 22.7 Å².